The SMILES string of the molecule is O=C1c2cccc3c([N+](=O)[O-])ccc(c23)C(=O)N1c1ccncc1. The Morgan fingerprint density at radius 2 is 1.58 bits per heavy atom. The number of non-ortho nitro benzene ring substituents is 1. The molecule has 0 bridgehead atoms. The van der Waals surface area contributed by atoms with Crippen molar-refractivity contribution >= 4 is 34.0 Å². The van der Waals surface area contributed by atoms with E-state index >= 15 is 0 Å². The fourth-order valence-electron chi connectivity index (χ4n) is 2.97. The molecule has 0 unspecified atom stereocenters. The normalized spacial score (nSPS) is 13.4. The number of carbonyl (C=O) groups excluding carboxylic acids is 2. The van der Waals surface area contributed by atoms with Gasteiger partial charge in [0, 0.05) is 35.0 Å². The number of nitro groups is 1. The first kappa shape index (κ1) is 14.0. The highest BCUT2D eigenvalue weighted by Crippen LogP contribution is 2.36. The zero-order valence-electron chi connectivity index (χ0n) is 12.2. The molecule has 0 saturated carbocycles. The molecule has 24 heavy (non-hydrogen) atoms. The smallest absolute Gasteiger partial charge is 0.268 e. The van der Waals surface area contributed by atoms with Crippen LogP contribution in [0.15, 0.2) is 54.9 Å². The van der Waals surface area contributed by atoms with Gasteiger partial charge in [-0.15, -0.1) is 0 Å². The Bertz CT molecular complexity index is 1010. The number of nitro benzene ring substituents is 1. The predicted molar refractivity (Wildman–Crippen MR) is 86.0 cm³/mol. The van der Waals surface area contributed by atoms with Gasteiger partial charge in [0.15, 0.2) is 0 Å². The fourth-order valence-corrected chi connectivity index (χ4v) is 2.97. The molecule has 3 aromatic rings. The lowest BCUT2D eigenvalue weighted by molar-refractivity contribution is -0.383. The van der Waals surface area contributed by atoms with E-state index in [0.29, 0.717) is 11.1 Å². The number of nitrogens with zero attached hydrogens (tertiary/aromatic N) is 3. The van der Waals surface area contributed by atoms with Gasteiger partial charge in [-0.3, -0.25) is 24.7 Å². The van der Waals surface area contributed by atoms with Crippen LogP contribution in [-0.4, -0.2) is 21.7 Å². The maximum absolute atomic E-state index is 12.8. The number of hydrogen-bond donors (Lipinski definition) is 0. The van der Waals surface area contributed by atoms with E-state index in [4.69, 9.17) is 0 Å². The van der Waals surface area contributed by atoms with E-state index in [1.165, 1.54) is 24.5 Å². The Labute approximate surface area is 135 Å². The van der Waals surface area contributed by atoms with Gasteiger partial charge in [0.2, 0.25) is 0 Å². The van der Waals surface area contributed by atoms with Crippen LogP contribution in [0, 0.1) is 10.1 Å². The summed E-state index contributed by atoms with van der Waals surface area (Å²) in [6.07, 6.45) is 2.98. The summed E-state index contributed by atoms with van der Waals surface area (Å²) in [5.74, 6) is -1.02. The summed E-state index contributed by atoms with van der Waals surface area (Å²) >= 11 is 0. The molecular formula is C17H9N3O4. The molecule has 1 aliphatic heterocycles. The van der Waals surface area contributed by atoms with Crippen LogP contribution in [0.5, 0.6) is 0 Å². The second kappa shape index (κ2) is 4.95. The molecule has 7 nitrogen and oxygen atoms in total. The zero-order valence-corrected chi connectivity index (χ0v) is 12.2. The number of anilines is 1. The lowest BCUT2D eigenvalue weighted by atomic mass is 9.93. The van der Waals surface area contributed by atoms with Crippen molar-refractivity contribution in [1.29, 1.82) is 0 Å². The maximum Gasteiger partial charge on any atom is 0.277 e. The first-order valence-corrected chi connectivity index (χ1v) is 7.08. The molecule has 0 fully saturated rings. The second-order valence-corrected chi connectivity index (χ2v) is 5.27. The van der Waals surface area contributed by atoms with Gasteiger partial charge >= 0.3 is 0 Å². The molecule has 4 rings (SSSR count). The molecule has 0 N–H and O–H groups in total. The predicted octanol–water partition coefficient (Wildman–Crippen LogP) is 2.94. The van der Waals surface area contributed by atoms with Crippen LogP contribution in [0.1, 0.15) is 20.7 Å². The molecule has 0 aliphatic carbocycles. The van der Waals surface area contributed by atoms with Crippen molar-refractivity contribution in [3.05, 3.63) is 76.1 Å². The quantitative estimate of drug-likeness (QED) is 0.411. The lowest BCUT2D eigenvalue weighted by Gasteiger charge is -2.26. The van der Waals surface area contributed by atoms with Gasteiger partial charge in [-0.05, 0) is 30.3 Å². The second-order valence-electron chi connectivity index (χ2n) is 5.27. The number of benzene rings is 2. The molecule has 7 heteroatoms. The highest BCUT2D eigenvalue weighted by atomic mass is 16.6. The first-order chi connectivity index (χ1) is 11.6. The third kappa shape index (κ3) is 1.81. The van der Waals surface area contributed by atoms with E-state index < -0.39 is 16.7 Å². The van der Waals surface area contributed by atoms with E-state index in [-0.39, 0.29) is 22.2 Å². The van der Waals surface area contributed by atoms with Gasteiger partial charge in [0.05, 0.1) is 16.0 Å². The monoisotopic (exact) mass is 319 g/mol. The highest BCUT2D eigenvalue weighted by molar-refractivity contribution is 6.36. The number of rotatable bonds is 2. The topological polar surface area (TPSA) is 93.4 Å². The summed E-state index contributed by atoms with van der Waals surface area (Å²) in [5.41, 5.74) is 0.805. The summed E-state index contributed by atoms with van der Waals surface area (Å²) < 4.78 is 0. The van der Waals surface area contributed by atoms with Gasteiger partial charge < -0.3 is 0 Å². The molecule has 1 aliphatic rings. The zero-order chi connectivity index (χ0) is 16.8. The van der Waals surface area contributed by atoms with E-state index in [1.807, 2.05) is 0 Å². The van der Waals surface area contributed by atoms with Crippen LogP contribution in [0.2, 0.25) is 0 Å². The van der Waals surface area contributed by atoms with E-state index in [9.17, 15) is 19.7 Å². The Morgan fingerprint density at radius 1 is 0.917 bits per heavy atom. The minimum absolute atomic E-state index is 0.131. The van der Waals surface area contributed by atoms with Gasteiger partial charge in [-0.2, -0.15) is 0 Å². The largest absolute Gasteiger partial charge is 0.277 e. The molecule has 2 heterocycles. The van der Waals surface area contributed by atoms with Crippen LogP contribution in [0.3, 0.4) is 0 Å². The van der Waals surface area contributed by atoms with Crippen molar-refractivity contribution in [3.8, 4) is 0 Å². The Morgan fingerprint density at radius 3 is 2.25 bits per heavy atom. The van der Waals surface area contributed by atoms with Gasteiger partial charge in [-0.1, -0.05) is 6.07 Å². The van der Waals surface area contributed by atoms with Crippen molar-refractivity contribution in [2.45, 2.75) is 0 Å². The average molecular weight is 319 g/mol. The van der Waals surface area contributed by atoms with Crippen molar-refractivity contribution in [2.75, 3.05) is 4.90 Å². The van der Waals surface area contributed by atoms with Crippen LogP contribution in [-0.2, 0) is 0 Å². The van der Waals surface area contributed by atoms with Crippen molar-refractivity contribution in [3.63, 3.8) is 0 Å². The lowest BCUT2D eigenvalue weighted by Crippen LogP contribution is -2.40. The summed E-state index contributed by atoms with van der Waals surface area (Å²) in [5, 5.41) is 11.8. The minimum Gasteiger partial charge on any atom is -0.268 e. The maximum atomic E-state index is 12.8. The van der Waals surface area contributed by atoms with Crippen molar-refractivity contribution in [2.24, 2.45) is 0 Å². The molecular weight excluding hydrogens is 310 g/mol. The minimum atomic E-state index is -0.521. The fraction of sp³-hybridized carbons (Fsp3) is 0. The first-order valence-electron chi connectivity index (χ1n) is 7.08. The molecule has 0 spiro atoms. The van der Waals surface area contributed by atoms with Crippen LogP contribution in [0.25, 0.3) is 10.8 Å². The number of imide groups is 1. The Balaban J connectivity index is 2.03. The van der Waals surface area contributed by atoms with Crippen molar-refractivity contribution < 1.29 is 14.5 Å². The Kier molecular flexibility index (Phi) is 2.89. The van der Waals surface area contributed by atoms with E-state index in [1.54, 1.807) is 30.3 Å². The molecule has 0 saturated heterocycles. The van der Waals surface area contributed by atoms with Gasteiger partial charge in [0.25, 0.3) is 17.5 Å². The molecule has 0 atom stereocenters. The molecule has 0 radical (unpaired) electrons. The molecule has 2 amide bonds. The third-order valence-electron chi connectivity index (χ3n) is 4.00. The van der Waals surface area contributed by atoms with E-state index in [2.05, 4.69) is 4.98 Å². The summed E-state index contributed by atoms with van der Waals surface area (Å²) in [7, 11) is 0. The summed E-state index contributed by atoms with van der Waals surface area (Å²) in [4.78, 5) is 41.3. The highest BCUT2D eigenvalue weighted by Gasteiger charge is 2.35. The van der Waals surface area contributed by atoms with Crippen molar-refractivity contribution in [1.82, 2.24) is 4.98 Å². The number of pyridine rings is 1. The van der Waals surface area contributed by atoms with Gasteiger partial charge in [0.1, 0.15) is 0 Å². The number of aromatic nitrogens is 1. The number of carbonyl (C=O) groups is 2. The standard InChI is InChI=1S/C17H9N3O4/c21-16-12-3-1-2-11-14(20(23)24)5-4-13(15(11)12)17(22)19(16)10-6-8-18-9-7-10/h1-9H. The Hall–Kier alpha value is -3.61. The number of hydrogen-bond acceptors (Lipinski definition) is 5. The molecule has 2 aromatic carbocycles. The summed E-state index contributed by atoms with van der Waals surface area (Å²) in [6, 6.07) is 10.5. The van der Waals surface area contributed by atoms with Crippen LogP contribution >= 0.6 is 0 Å². The third-order valence-corrected chi connectivity index (χ3v) is 4.00. The molecule has 1 aromatic heterocycles. The van der Waals surface area contributed by atoms with E-state index in [0.717, 1.165) is 4.90 Å². The van der Waals surface area contributed by atoms with Gasteiger partial charge in [-0.25, -0.2) is 4.90 Å². The average Bonchev–Trinajstić information content (AvgIpc) is 2.60. The summed E-state index contributed by atoms with van der Waals surface area (Å²) in [6.45, 7) is 0. The van der Waals surface area contributed by atoms with Crippen LogP contribution in [0.4, 0.5) is 11.4 Å². The molecule has 116 valence electrons. The van der Waals surface area contributed by atoms with Crippen LogP contribution < -0.4 is 4.90 Å². The number of amides is 2.